The third-order valence-electron chi connectivity index (χ3n) is 3.03. The fourth-order valence-electron chi connectivity index (χ4n) is 2.01. The zero-order valence-electron chi connectivity index (χ0n) is 10.3. The number of nitrogens with one attached hydrogen (secondary N) is 3. The highest BCUT2D eigenvalue weighted by atomic mass is 16.2. The number of piperidine rings is 1. The number of carbonyl (C=O) groups excluding carboxylic acids is 2. The van der Waals surface area contributed by atoms with Crippen molar-refractivity contribution in [2.24, 2.45) is 0 Å². The Labute approximate surface area is 105 Å². The van der Waals surface area contributed by atoms with Gasteiger partial charge in [-0.3, -0.25) is 9.89 Å². The van der Waals surface area contributed by atoms with E-state index in [2.05, 4.69) is 20.8 Å². The van der Waals surface area contributed by atoms with Crippen molar-refractivity contribution >= 4 is 17.6 Å². The Morgan fingerprint density at radius 3 is 2.72 bits per heavy atom. The second-order valence-electron chi connectivity index (χ2n) is 4.37. The topological polar surface area (TPSA) is 90.1 Å². The van der Waals surface area contributed by atoms with Gasteiger partial charge in [0, 0.05) is 32.3 Å². The van der Waals surface area contributed by atoms with E-state index in [1.165, 1.54) is 6.20 Å². The van der Waals surface area contributed by atoms with Crippen LogP contribution in [0.15, 0.2) is 12.4 Å². The van der Waals surface area contributed by atoms with Crippen molar-refractivity contribution < 1.29 is 9.59 Å². The van der Waals surface area contributed by atoms with E-state index in [9.17, 15) is 9.59 Å². The van der Waals surface area contributed by atoms with Crippen molar-refractivity contribution in [3.8, 4) is 0 Å². The molecule has 18 heavy (non-hydrogen) atoms. The van der Waals surface area contributed by atoms with Crippen LogP contribution in [-0.4, -0.2) is 46.2 Å². The Bertz CT molecular complexity index is 409. The number of hydrogen-bond donors (Lipinski definition) is 3. The Morgan fingerprint density at radius 1 is 1.44 bits per heavy atom. The number of anilines is 1. The average Bonchev–Trinajstić information content (AvgIpc) is 2.82. The lowest BCUT2D eigenvalue weighted by atomic mass is 10.1. The maximum Gasteiger partial charge on any atom is 0.319 e. The number of aromatic nitrogens is 2. The van der Waals surface area contributed by atoms with Gasteiger partial charge >= 0.3 is 6.03 Å². The molecule has 0 aliphatic carbocycles. The quantitative estimate of drug-likeness (QED) is 0.716. The Morgan fingerprint density at radius 2 is 2.17 bits per heavy atom. The van der Waals surface area contributed by atoms with Gasteiger partial charge in [-0.25, -0.2) is 4.79 Å². The van der Waals surface area contributed by atoms with Crippen LogP contribution in [0.25, 0.3) is 0 Å². The summed E-state index contributed by atoms with van der Waals surface area (Å²) in [5.74, 6) is 0.0938. The largest absolute Gasteiger partial charge is 0.343 e. The Balaban J connectivity index is 1.74. The first-order valence-corrected chi connectivity index (χ1v) is 5.97. The van der Waals surface area contributed by atoms with Crippen LogP contribution in [0, 0.1) is 0 Å². The van der Waals surface area contributed by atoms with Crippen molar-refractivity contribution in [2.45, 2.75) is 25.8 Å². The van der Waals surface area contributed by atoms with Crippen LogP contribution in [0.1, 0.15) is 19.8 Å². The SMILES string of the molecule is CC(=O)N1CCC(NC(=O)Nc2cn[nH]c2)CC1. The summed E-state index contributed by atoms with van der Waals surface area (Å²) in [7, 11) is 0. The third-order valence-corrected chi connectivity index (χ3v) is 3.03. The molecule has 7 heteroatoms. The van der Waals surface area contributed by atoms with Crippen LogP contribution in [-0.2, 0) is 4.79 Å². The monoisotopic (exact) mass is 251 g/mol. The van der Waals surface area contributed by atoms with Gasteiger partial charge in [0.1, 0.15) is 0 Å². The molecular weight excluding hydrogens is 234 g/mol. The molecule has 0 aromatic carbocycles. The number of urea groups is 1. The normalized spacial score (nSPS) is 16.4. The van der Waals surface area contributed by atoms with Gasteiger partial charge in [-0.2, -0.15) is 5.10 Å². The highest BCUT2D eigenvalue weighted by Crippen LogP contribution is 2.10. The summed E-state index contributed by atoms with van der Waals surface area (Å²) >= 11 is 0. The zero-order chi connectivity index (χ0) is 13.0. The molecule has 7 nitrogen and oxygen atoms in total. The lowest BCUT2D eigenvalue weighted by Crippen LogP contribution is -2.47. The molecule has 1 aliphatic rings. The van der Waals surface area contributed by atoms with Gasteiger partial charge in [-0.15, -0.1) is 0 Å². The van der Waals surface area contributed by atoms with Crippen LogP contribution in [0.5, 0.6) is 0 Å². The van der Waals surface area contributed by atoms with E-state index >= 15 is 0 Å². The number of hydrogen-bond acceptors (Lipinski definition) is 3. The molecule has 2 rings (SSSR count). The summed E-state index contributed by atoms with van der Waals surface area (Å²) in [4.78, 5) is 24.6. The van der Waals surface area contributed by atoms with E-state index in [1.54, 1.807) is 18.0 Å². The lowest BCUT2D eigenvalue weighted by Gasteiger charge is -2.31. The van der Waals surface area contributed by atoms with Gasteiger partial charge in [-0.1, -0.05) is 0 Å². The first-order valence-electron chi connectivity index (χ1n) is 5.97. The summed E-state index contributed by atoms with van der Waals surface area (Å²) in [5.41, 5.74) is 0.633. The van der Waals surface area contributed by atoms with Gasteiger partial charge in [0.15, 0.2) is 0 Å². The molecule has 0 unspecified atom stereocenters. The van der Waals surface area contributed by atoms with Gasteiger partial charge < -0.3 is 15.5 Å². The molecule has 0 spiro atoms. The number of aromatic amines is 1. The zero-order valence-corrected chi connectivity index (χ0v) is 10.3. The maximum atomic E-state index is 11.6. The molecule has 1 fully saturated rings. The summed E-state index contributed by atoms with van der Waals surface area (Å²) in [5, 5.41) is 11.9. The number of likely N-dealkylation sites (tertiary alicyclic amines) is 1. The number of amides is 3. The van der Waals surface area contributed by atoms with Crippen LogP contribution in [0.2, 0.25) is 0 Å². The minimum Gasteiger partial charge on any atom is -0.343 e. The van der Waals surface area contributed by atoms with E-state index in [4.69, 9.17) is 0 Å². The van der Waals surface area contributed by atoms with Gasteiger partial charge in [-0.05, 0) is 12.8 Å². The minimum atomic E-state index is -0.238. The molecular formula is C11H17N5O2. The molecule has 1 aromatic rings. The number of H-pyrrole nitrogens is 1. The summed E-state index contributed by atoms with van der Waals surface area (Å²) in [6.45, 7) is 2.97. The second kappa shape index (κ2) is 5.52. The molecule has 0 bridgehead atoms. The Kier molecular flexibility index (Phi) is 3.81. The first kappa shape index (κ1) is 12.4. The fraction of sp³-hybridized carbons (Fsp3) is 0.545. The van der Waals surface area contributed by atoms with E-state index in [0.29, 0.717) is 18.8 Å². The molecule has 1 aromatic heterocycles. The number of nitrogens with zero attached hydrogens (tertiary/aromatic N) is 2. The fourth-order valence-corrected chi connectivity index (χ4v) is 2.01. The Hall–Kier alpha value is -2.05. The van der Waals surface area contributed by atoms with Crippen LogP contribution in [0.3, 0.4) is 0 Å². The van der Waals surface area contributed by atoms with Gasteiger partial charge in [0.05, 0.1) is 11.9 Å². The maximum absolute atomic E-state index is 11.6. The van der Waals surface area contributed by atoms with E-state index in [0.717, 1.165) is 12.8 Å². The van der Waals surface area contributed by atoms with Crippen molar-refractivity contribution in [3.05, 3.63) is 12.4 Å². The molecule has 1 saturated heterocycles. The number of rotatable bonds is 2. The van der Waals surface area contributed by atoms with E-state index in [-0.39, 0.29) is 18.0 Å². The molecule has 1 aliphatic heterocycles. The summed E-state index contributed by atoms with van der Waals surface area (Å²) < 4.78 is 0. The molecule has 3 N–H and O–H groups in total. The summed E-state index contributed by atoms with van der Waals surface area (Å²) in [6, 6.07) is -0.120. The number of carbonyl (C=O) groups is 2. The smallest absolute Gasteiger partial charge is 0.319 e. The first-order chi connectivity index (χ1) is 8.65. The standard InChI is InChI=1S/C11H17N5O2/c1-8(17)16-4-2-9(3-5-16)14-11(18)15-10-6-12-13-7-10/h6-7,9H,2-5H2,1H3,(H,12,13)(H2,14,15,18). The highest BCUT2D eigenvalue weighted by Gasteiger charge is 2.21. The minimum absolute atomic E-state index is 0.0938. The second-order valence-corrected chi connectivity index (χ2v) is 4.37. The summed E-state index contributed by atoms with van der Waals surface area (Å²) in [6.07, 6.45) is 4.73. The van der Waals surface area contributed by atoms with Gasteiger partial charge in [0.2, 0.25) is 5.91 Å². The van der Waals surface area contributed by atoms with E-state index in [1.807, 2.05) is 0 Å². The van der Waals surface area contributed by atoms with Gasteiger partial charge in [0.25, 0.3) is 0 Å². The predicted octanol–water partition coefficient (Wildman–Crippen LogP) is 0.542. The van der Waals surface area contributed by atoms with Crippen molar-refractivity contribution in [1.29, 1.82) is 0 Å². The molecule has 3 amide bonds. The van der Waals surface area contributed by atoms with Crippen molar-refractivity contribution in [1.82, 2.24) is 20.4 Å². The average molecular weight is 251 g/mol. The van der Waals surface area contributed by atoms with E-state index < -0.39 is 0 Å². The van der Waals surface area contributed by atoms with Crippen LogP contribution in [0.4, 0.5) is 10.5 Å². The molecule has 0 radical (unpaired) electrons. The third kappa shape index (κ3) is 3.22. The molecule has 0 atom stereocenters. The highest BCUT2D eigenvalue weighted by molar-refractivity contribution is 5.89. The molecule has 0 saturated carbocycles. The van der Waals surface area contributed by atoms with Crippen LogP contribution < -0.4 is 10.6 Å². The molecule has 2 heterocycles. The van der Waals surface area contributed by atoms with Crippen molar-refractivity contribution in [2.75, 3.05) is 18.4 Å². The lowest BCUT2D eigenvalue weighted by molar-refractivity contribution is -0.129. The molecule has 98 valence electrons. The van der Waals surface area contributed by atoms with Crippen molar-refractivity contribution in [3.63, 3.8) is 0 Å². The predicted molar refractivity (Wildman–Crippen MR) is 66.0 cm³/mol. The van der Waals surface area contributed by atoms with Crippen LogP contribution >= 0.6 is 0 Å².